The van der Waals surface area contributed by atoms with Crippen molar-refractivity contribution in [2.24, 2.45) is 5.41 Å². The van der Waals surface area contributed by atoms with Crippen LogP contribution in [0.2, 0.25) is 0 Å². The van der Waals surface area contributed by atoms with Crippen molar-refractivity contribution >= 4 is 11.6 Å². The normalized spacial score (nSPS) is 22.4. The monoisotopic (exact) mass is 339 g/mol. The number of carbonyl (C=O) groups excluding carboxylic acids is 2. The first-order valence-corrected chi connectivity index (χ1v) is 8.63. The largest absolute Gasteiger partial charge is 0.496 e. The molecule has 3 rings (SSSR count). The highest BCUT2D eigenvalue weighted by Crippen LogP contribution is 2.48. The van der Waals surface area contributed by atoms with Gasteiger partial charge in [-0.1, -0.05) is 32.0 Å². The molecule has 0 aromatic heterocycles. The minimum atomic E-state index is -0.367. The molecule has 0 bridgehead atoms. The third kappa shape index (κ3) is 3.01. The van der Waals surface area contributed by atoms with Crippen LogP contribution in [0.3, 0.4) is 0 Å². The molecule has 0 spiro atoms. The molecule has 0 fully saturated rings. The van der Waals surface area contributed by atoms with Gasteiger partial charge in [0.25, 0.3) is 0 Å². The zero-order valence-electron chi connectivity index (χ0n) is 15.5. The first kappa shape index (κ1) is 17.5. The van der Waals surface area contributed by atoms with Gasteiger partial charge in [0.1, 0.15) is 5.75 Å². The van der Waals surface area contributed by atoms with Gasteiger partial charge in [0.15, 0.2) is 11.6 Å². The quantitative estimate of drug-likeness (QED) is 0.908. The average molecular weight is 339 g/mol. The van der Waals surface area contributed by atoms with Gasteiger partial charge in [-0.2, -0.15) is 0 Å². The smallest absolute Gasteiger partial charge is 0.162 e. The van der Waals surface area contributed by atoms with Crippen molar-refractivity contribution < 1.29 is 14.3 Å². The van der Waals surface area contributed by atoms with E-state index in [1.165, 1.54) is 0 Å². The number of nitrogens with one attached hydrogen (secondary N) is 1. The fraction of sp³-hybridized carbons (Fsp3) is 0.429. The van der Waals surface area contributed by atoms with E-state index in [9.17, 15) is 9.59 Å². The third-order valence-corrected chi connectivity index (χ3v) is 5.07. The predicted octanol–water partition coefficient (Wildman–Crippen LogP) is 3.89. The van der Waals surface area contributed by atoms with Crippen LogP contribution in [0.1, 0.15) is 52.0 Å². The van der Waals surface area contributed by atoms with Crippen LogP contribution in [0.5, 0.6) is 5.75 Å². The standard InChI is InChI=1S/C21H25NO3/c1-12-18(13(2)23)19(14-8-6-7-9-17(14)25-5)20-15(22-12)10-21(3,4)11-16(20)24/h6-9,19,22H,10-11H2,1-5H3. The summed E-state index contributed by atoms with van der Waals surface area (Å²) in [5, 5.41) is 3.35. The SMILES string of the molecule is COc1ccccc1C1C(C(C)=O)=C(C)NC2=C1C(=O)CC(C)(C)C2. The Labute approximate surface area is 149 Å². The molecule has 2 aliphatic rings. The van der Waals surface area contributed by atoms with Crippen molar-refractivity contribution in [1.29, 1.82) is 0 Å². The molecule has 25 heavy (non-hydrogen) atoms. The number of rotatable bonds is 3. The summed E-state index contributed by atoms with van der Waals surface area (Å²) in [5.41, 5.74) is 3.93. The number of para-hydroxylation sites is 1. The second kappa shape index (κ2) is 6.17. The van der Waals surface area contributed by atoms with E-state index in [0.717, 1.165) is 29.0 Å². The lowest BCUT2D eigenvalue weighted by Crippen LogP contribution is -2.38. The zero-order valence-corrected chi connectivity index (χ0v) is 15.5. The second-order valence-corrected chi connectivity index (χ2v) is 7.73. The van der Waals surface area contributed by atoms with Crippen molar-refractivity contribution in [1.82, 2.24) is 5.32 Å². The summed E-state index contributed by atoms with van der Waals surface area (Å²) in [6.45, 7) is 7.68. The molecule has 1 unspecified atom stereocenters. The van der Waals surface area contributed by atoms with Gasteiger partial charge < -0.3 is 10.1 Å². The van der Waals surface area contributed by atoms with Crippen LogP contribution in [0.15, 0.2) is 46.8 Å². The Morgan fingerprint density at radius 1 is 1.24 bits per heavy atom. The molecule has 1 aromatic carbocycles. The summed E-state index contributed by atoms with van der Waals surface area (Å²) in [6, 6.07) is 7.64. The Balaban J connectivity index is 2.25. The first-order chi connectivity index (χ1) is 11.7. The molecule has 1 heterocycles. The Morgan fingerprint density at radius 3 is 2.56 bits per heavy atom. The van der Waals surface area contributed by atoms with E-state index in [2.05, 4.69) is 19.2 Å². The van der Waals surface area contributed by atoms with E-state index >= 15 is 0 Å². The van der Waals surface area contributed by atoms with Crippen LogP contribution in [-0.4, -0.2) is 18.7 Å². The number of ether oxygens (including phenoxy) is 1. The van der Waals surface area contributed by atoms with Gasteiger partial charge in [0, 0.05) is 40.4 Å². The highest BCUT2D eigenvalue weighted by molar-refractivity contribution is 6.05. The highest BCUT2D eigenvalue weighted by Gasteiger charge is 2.42. The van der Waals surface area contributed by atoms with Gasteiger partial charge in [0.05, 0.1) is 7.11 Å². The van der Waals surface area contributed by atoms with Crippen molar-refractivity contribution in [3.63, 3.8) is 0 Å². The average Bonchev–Trinajstić information content (AvgIpc) is 2.51. The number of dihydropyridines is 1. The van der Waals surface area contributed by atoms with E-state index in [4.69, 9.17) is 4.74 Å². The highest BCUT2D eigenvalue weighted by atomic mass is 16.5. The van der Waals surface area contributed by atoms with Gasteiger partial charge in [-0.25, -0.2) is 0 Å². The number of hydrogen-bond donors (Lipinski definition) is 1. The number of ketones is 2. The van der Waals surface area contributed by atoms with Gasteiger partial charge in [0.2, 0.25) is 0 Å². The molecule has 1 N–H and O–H groups in total. The maximum Gasteiger partial charge on any atom is 0.162 e. The minimum absolute atomic E-state index is 0.0231. The van der Waals surface area contributed by atoms with Crippen molar-refractivity contribution in [3.8, 4) is 5.75 Å². The van der Waals surface area contributed by atoms with E-state index < -0.39 is 0 Å². The van der Waals surface area contributed by atoms with Crippen LogP contribution in [0, 0.1) is 5.41 Å². The number of hydrogen-bond acceptors (Lipinski definition) is 4. The van der Waals surface area contributed by atoms with Crippen molar-refractivity contribution in [2.45, 2.75) is 46.5 Å². The van der Waals surface area contributed by atoms with E-state index in [1.807, 2.05) is 31.2 Å². The number of carbonyl (C=O) groups is 2. The lowest BCUT2D eigenvalue weighted by atomic mass is 9.68. The van der Waals surface area contributed by atoms with Gasteiger partial charge >= 0.3 is 0 Å². The number of allylic oxidation sites excluding steroid dienone is 4. The van der Waals surface area contributed by atoms with Crippen LogP contribution < -0.4 is 10.1 Å². The maximum atomic E-state index is 13.0. The number of methoxy groups -OCH3 is 1. The molecule has 0 amide bonds. The molecule has 0 saturated heterocycles. The van der Waals surface area contributed by atoms with Crippen molar-refractivity contribution in [3.05, 3.63) is 52.4 Å². The molecule has 0 saturated carbocycles. The molecular weight excluding hydrogens is 314 g/mol. The van der Waals surface area contributed by atoms with E-state index in [1.54, 1.807) is 14.0 Å². The number of benzene rings is 1. The maximum absolute atomic E-state index is 13.0. The van der Waals surface area contributed by atoms with Gasteiger partial charge in [-0.3, -0.25) is 9.59 Å². The molecule has 0 radical (unpaired) electrons. The summed E-state index contributed by atoms with van der Waals surface area (Å²) in [7, 11) is 1.62. The summed E-state index contributed by atoms with van der Waals surface area (Å²) in [6.07, 6.45) is 1.28. The Kier molecular flexibility index (Phi) is 4.31. The number of Topliss-reactive ketones (excluding diaryl/α,β-unsaturated/α-hetero) is 2. The molecular formula is C21H25NO3. The van der Waals surface area contributed by atoms with Crippen LogP contribution in [-0.2, 0) is 9.59 Å². The van der Waals surface area contributed by atoms with Crippen LogP contribution >= 0.6 is 0 Å². The fourth-order valence-corrected chi connectivity index (χ4v) is 4.12. The zero-order chi connectivity index (χ0) is 18.4. The molecule has 1 aliphatic heterocycles. The predicted molar refractivity (Wildman–Crippen MR) is 97.3 cm³/mol. The Hall–Kier alpha value is -2.36. The van der Waals surface area contributed by atoms with Crippen molar-refractivity contribution in [2.75, 3.05) is 7.11 Å². The van der Waals surface area contributed by atoms with Crippen LogP contribution in [0.4, 0.5) is 0 Å². The Morgan fingerprint density at radius 2 is 1.92 bits per heavy atom. The van der Waals surface area contributed by atoms with E-state index in [0.29, 0.717) is 17.7 Å². The third-order valence-electron chi connectivity index (χ3n) is 5.07. The minimum Gasteiger partial charge on any atom is -0.496 e. The molecule has 132 valence electrons. The fourth-order valence-electron chi connectivity index (χ4n) is 4.12. The molecule has 4 nitrogen and oxygen atoms in total. The summed E-state index contributed by atoms with van der Waals surface area (Å²) >= 11 is 0. The molecule has 4 heteroatoms. The van der Waals surface area contributed by atoms with Gasteiger partial charge in [-0.05, 0) is 31.7 Å². The topological polar surface area (TPSA) is 55.4 Å². The lowest BCUT2D eigenvalue weighted by molar-refractivity contribution is -0.118. The Bertz CT molecular complexity index is 814. The van der Waals surface area contributed by atoms with E-state index in [-0.39, 0.29) is 22.9 Å². The summed E-state index contributed by atoms with van der Waals surface area (Å²) in [4.78, 5) is 25.5. The molecule has 1 aliphatic carbocycles. The second-order valence-electron chi connectivity index (χ2n) is 7.73. The first-order valence-electron chi connectivity index (χ1n) is 8.63. The molecule has 1 atom stereocenters. The van der Waals surface area contributed by atoms with Crippen LogP contribution in [0.25, 0.3) is 0 Å². The summed E-state index contributed by atoms with van der Waals surface area (Å²) in [5.74, 6) is 0.421. The van der Waals surface area contributed by atoms with Gasteiger partial charge in [-0.15, -0.1) is 0 Å². The summed E-state index contributed by atoms with van der Waals surface area (Å²) < 4.78 is 5.53. The molecule has 1 aromatic rings. The lowest BCUT2D eigenvalue weighted by Gasteiger charge is -2.39.